The minimum atomic E-state index is -1.53. The van der Waals surface area contributed by atoms with Crippen molar-refractivity contribution >= 4 is 35.3 Å². The molecule has 2 amide bonds. The zero-order valence-electron chi connectivity index (χ0n) is 17.2. The van der Waals surface area contributed by atoms with Crippen LogP contribution in [0.25, 0.3) is 0 Å². The maximum Gasteiger partial charge on any atom is 0.420 e. The van der Waals surface area contributed by atoms with Gasteiger partial charge in [-0.2, -0.15) is 16.2 Å². The summed E-state index contributed by atoms with van der Waals surface area (Å²) >= 11 is 1.31. The van der Waals surface area contributed by atoms with Crippen LogP contribution in [-0.2, 0) is 19.0 Å². The van der Waals surface area contributed by atoms with Gasteiger partial charge in [-0.05, 0) is 53.0 Å². The fourth-order valence-corrected chi connectivity index (χ4v) is 2.74. The number of Topliss-reactive ketones (excluding diaryl/α,β-unsaturated/α-hetero) is 1. The van der Waals surface area contributed by atoms with E-state index in [1.54, 1.807) is 58.4 Å². The highest BCUT2D eigenvalue weighted by Crippen LogP contribution is 2.21. The average Bonchev–Trinajstić information content (AvgIpc) is 3.04. The van der Waals surface area contributed by atoms with Crippen LogP contribution in [0, 0.1) is 0 Å². The molecule has 1 aromatic heterocycles. The molecule has 0 saturated carbocycles. The molecule has 1 unspecified atom stereocenters. The summed E-state index contributed by atoms with van der Waals surface area (Å²) in [5.41, 5.74) is -1.50. The SMILES string of the molecule is COC(=O)C(CC(=O)c1ccsc1)N(C(=O)OC(C)(C)C)C(=O)OC(C)(C)C. The fraction of sp³-hybridized carbons (Fsp3) is 0.579. The predicted molar refractivity (Wildman–Crippen MR) is 103 cm³/mol. The van der Waals surface area contributed by atoms with Crippen LogP contribution in [-0.4, -0.2) is 53.2 Å². The van der Waals surface area contributed by atoms with Gasteiger partial charge in [-0.15, -0.1) is 0 Å². The van der Waals surface area contributed by atoms with Crippen LogP contribution in [0.3, 0.4) is 0 Å². The second-order valence-electron chi connectivity index (χ2n) is 8.01. The van der Waals surface area contributed by atoms with Gasteiger partial charge < -0.3 is 14.2 Å². The summed E-state index contributed by atoms with van der Waals surface area (Å²) in [5, 5.41) is 3.32. The van der Waals surface area contributed by atoms with Crippen LogP contribution >= 0.6 is 11.3 Å². The molecule has 28 heavy (non-hydrogen) atoms. The third-order valence-electron chi connectivity index (χ3n) is 3.19. The van der Waals surface area contributed by atoms with Crippen molar-refractivity contribution in [3.8, 4) is 0 Å². The Morgan fingerprint density at radius 1 is 1.00 bits per heavy atom. The monoisotopic (exact) mass is 413 g/mol. The van der Waals surface area contributed by atoms with Gasteiger partial charge in [0.05, 0.1) is 7.11 Å². The van der Waals surface area contributed by atoms with Gasteiger partial charge in [0.1, 0.15) is 11.2 Å². The number of hydrogen-bond acceptors (Lipinski definition) is 8. The predicted octanol–water partition coefficient (Wildman–Crippen LogP) is 4.03. The number of methoxy groups -OCH3 is 1. The molecule has 156 valence electrons. The summed E-state index contributed by atoms with van der Waals surface area (Å²) < 4.78 is 15.2. The molecule has 9 heteroatoms. The highest BCUT2D eigenvalue weighted by atomic mass is 32.1. The number of thiophene rings is 1. The molecule has 0 aliphatic heterocycles. The number of carbonyl (C=O) groups excluding carboxylic acids is 4. The molecule has 0 radical (unpaired) electrons. The molecule has 1 atom stereocenters. The number of imide groups is 1. The van der Waals surface area contributed by atoms with Crippen molar-refractivity contribution in [2.75, 3.05) is 7.11 Å². The van der Waals surface area contributed by atoms with Crippen LogP contribution < -0.4 is 0 Å². The second-order valence-corrected chi connectivity index (χ2v) is 8.79. The lowest BCUT2D eigenvalue weighted by Gasteiger charge is -2.32. The zero-order chi connectivity index (χ0) is 21.7. The summed E-state index contributed by atoms with van der Waals surface area (Å²) in [6.07, 6.45) is -2.66. The molecular weight excluding hydrogens is 386 g/mol. The van der Waals surface area contributed by atoms with Crippen LogP contribution in [0.15, 0.2) is 16.8 Å². The van der Waals surface area contributed by atoms with E-state index in [0.717, 1.165) is 7.11 Å². The number of ether oxygens (including phenoxy) is 3. The van der Waals surface area contributed by atoms with Gasteiger partial charge in [-0.1, -0.05) is 0 Å². The van der Waals surface area contributed by atoms with Crippen LogP contribution in [0.4, 0.5) is 9.59 Å². The molecule has 0 aliphatic rings. The fourth-order valence-electron chi connectivity index (χ4n) is 2.08. The lowest BCUT2D eigenvalue weighted by molar-refractivity contribution is -0.146. The third kappa shape index (κ3) is 7.30. The Morgan fingerprint density at radius 2 is 1.50 bits per heavy atom. The largest absolute Gasteiger partial charge is 0.467 e. The van der Waals surface area contributed by atoms with Crippen molar-refractivity contribution in [1.82, 2.24) is 4.90 Å². The van der Waals surface area contributed by atoms with E-state index < -0.39 is 47.6 Å². The Labute approximate surface area is 168 Å². The number of rotatable bonds is 5. The molecule has 0 spiro atoms. The normalized spacial score (nSPS) is 12.7. The van der Waals surface area contributed by atoms with Crippen LogP contribution in [0.2, 0.25) is 0 Å². The molecule has 0 N–H and O–H groups in total. The molecule has 1 rings (SSSR count). The Bertz CT molecular complexity index is 686. The van der Waals surface area contributed by atoms with Crippen LogP contribution in [0.5, 0.6) is 0 Å². The molecular formula is C19H27NO7S. The van der Waals surface area contributed by atoms with Crippen molar-refractivity contribution in [3.63, 3.8) is 0 Å². The average molecular weight is 413 g/mol. The maximum atomic E-state index is 12.7. The van der Waals surface area contributed by atoms with E-state index in [0.29, 0.717) is 10.5 Å². The lowest BCUT2D eigenvalue weighted by atomic mass is 10.1. The van der Waals surface area contributed by atoms with Crippen molar-refractivity contribution in [3.05, 3.63) is 22.4 Å². The first-order valence-corrected chi connectivity index (χ1v) is 9.58. The minimum Gasteiger partial charge on any atom is -0.467 e. The number of carbonyl (C=O) groups is 4. The van der Waals surface area contributed by atoms with E-state index in [4.69, 9.17) is 14.2 Å². The summed E-state index contributed by atoms with van der Waals surface area (Å²) in [6.45, 7) is 9.68. The molecule has 0 aromatic carbocycles. The van der Waals surface area contributed by atoms with E-state index in [1.807, 2.05) is 0 Å². The summed E-state index contributed by atoms with van der Waals surface area (Å²) in [7, 11) is 1.10. The molecule has 8 nitrogen and oxygen atoms in total. The van der Waals surface area contributed by atoms with Crippen molar-refractivity contribution < 1.29 is 33.4 Å². The number of hydrogen-bond donors (Lipinski definition) is 0. The van der Waals surface area contributed by atoms with Gasteiger partial charge in [0.15, 0.2) is 11.8 Å². The van der Waals surface area contributed by atoms with Crippen molar-refractivity contribution in [2.24, 2.45) is 0 Å². The van der Waals surface area contributed by atoms with Gasteiger partial charge in [0, 0.05) is 17.4 Å². The Kier molecular flexibility index (Phi) is 7.75. The first kappa shape index (κ1) is 23.6. The first-order valence-electron chi connectivity index (χ1n) is 8.63. The topological polar surface area (TPSA) is 99.2 Å². The van der Waals surface area contributed by atoms with E-state index in [1.165, 1.54) is 11.3 Å². The lowest BCUT2D eigenvalue weighted by Crippen LogP contribution is -2.53. The Morgan fingerprint density at radius 3 is 1.86 bits per heavy atom. The Hall–Kier alpha value is -2.42. The highest BCUT2D eigenvalue weighted by Gasteiger charge is 2.42. The first-order chi connectivity index (χ1) is 12.7. The standard InChI is InChI=1S/C19H27NO7S/c1-18(2,3)26-16(23)20(17(24)27-19(4,5)6)13(15(22)25-7)10-14(21)12-8-9-28-11-12/h8-9,11,13H,10H2,1-7H3. The summed E-state index contributed by atoms with van der Waals surface area (Å²) in [6, 6.07) is 0.0641. The van der Waals surface area contributed by atoms with Gasteiger partial charge in [0.2, 0.25) is 0 Å². The van der Waals surface area contributed by atoms with Gasteiger partial charge in [0.25, 0.3) is 0 Å². The quantitative estimate of drug-likeness (QED) is 0.408. The maximum absolute atomic E-state index is 12.7. The van der Waals surface area contributed by atoms with Crippen molar-refractivity contribution in [1.29, 1.82) is 0 Å². The number of amides is 2. The van der Waals surface area contributed by atoms with Crippen molar-refractivity contribution in [2.45, 2.75) is 65.2 Å². The highest BCUT2D eigenvalue weighted by molar-refractivity contribution is 7.08. The number of nitrogens with zero attached hydrogens (tertiary/aromatic N) is 1. The molecule has 0 fully saturated rings. The molecule has 0 saturated heterocycles. The van der Waals surface area contributed by atoms with E-state index in [2.05, 4.69) is 0 Å². The van der Waals surface area contributed by atoms with Crippen LogP contribution in [0.1, 0.15) is 58.3 Å². The third-order valence-corrected chi connectivity index (χ3v) is 3.87. The molecule has 1 aromatic rings. The number of ketones is 1. The van der Waals surface area contributed by atoms with E-state index in [-0.39, 0.29) is 0 Å². The number of esters is 1. The molecule has 0 aliphatic carbocycles. The second kappa shape index (κ2) is 9.18. The molecule has 1 heterocycles. The van der Waals surface area contributed by atoms with E-state index >= 15 is 0 Å². The summed E-state index contributed by atoms with van der Waals surface area (Å²) in [4.78, 5) is 50.8. The summed E-state index contributed by atoms with van der Waals surface area (Å²) in [5.74, 6) is -1.35. The smallest absolute Gasteiger partial charge is 0.420 e. The molecule has 0 bridgehead atoms. The van der Waals surface area contributed by atoms with E-state index in [9.17, 15) is 19.2 Å². The zero-order valence-corrected chi connectivity index (χ0v) is 18.0. The van der Waals surface area contributed by atoms with Gasteiger partial charge >= 0.3 is 18.2 Å². The van der Waals surface area contributed by atoms with Gasteiger partial charge in [-0.25, -0.2) is 14.4 Å². The Balaban J connectivity index is 3.28. The minimum absolute atomic E-state index is 0.368. The van der Waals surface area contributed by atoms with Gasteiger partial charge in [-0.3, -0.25) is 4.79 Å².